The molecule has 0 saturated carbocycles. The first-order valence-corrected chi connectivity index (χ1v) is 13.5. The minimum absolute atomic E-state index is 0.141. The highest BCUT2D eigenvalue weighted by Gasteiger charge is 2.34. The maximum atomic E-state index is 12.7. The lowest BCUT2D eigenvalue weighted by Crippen LogP contribution is -2.47. The highest BCUT2D eigenvalue weighted by Crippen LogP contribution is 2.35. The molecule has 0 radical (unpaired) electrons. The van der Waals surface area contributed by atoms with Gasteiger partial charge in [-0.2, -0.15) is 0 Å². The molecule has 2 atom stereocenters. The van der Waals surface area contributed by atoms with E-state index in [2.05, 4.69) is 57.9 Å². The molecule has 2 saturated heterocycles. The molecule has 7 heteroatoms. The van der Waals surface area contributed by atoms with E-state index in [1.807, 2.05) is 15.5 Å². The second kappa shape index (κ2) is 9.87. The van der Waals surface area contributed by atoms with Gasteiger partial charge in [-0.3, -0.25) is 14.5 Å². The average Bonchev–Trinajstić information content (AvgIpc) is 3.22. The Morgan fingerprint density at radius 1 is 0.972 bits per heavy atom. The number of para-hydroxylation sites is 1. The summed E-state index contributed by atoms with van der Waals surface area (Å²) in [7, 11) is 2.12. The number of pyridine rings is 1. The van der Waals surface area contributed by atoms with Crippen molar-refractivity contribution in [2.75, 3.05) is 46.3 Å². The van der Waals surface area contributed by atoms with Crippen molar-refractivity contribution in [1.82, 2.24) is 23.8 Å². The number of hydrogen-bond acceptors (Lipinski definition) is 4. The van der Waals surface area contributed by atoms with Gasteiger partial charge in [0.15, 0.2) is 0 Å². The molecule has 2 bridgehead atoms. The molecule has 2 aromatic heterocycles. The van der Waals surface area contributed by atoms with Gasteiger partial charge in [0.2, 0.25) is 5.91 Å². The van der Waals surface area contributed by atoms with Crippen molar-refractivity contribution in [2.24, 2.45) is 5.92 Å². The summed E-state index contributed by atoms with van der Waals surface area (Å²) < 4.78 is 4.40. The van der Waals surface area contributed by atoms with Gasteiger partial charge in [0.1, 0.15) is 0 Å². The van der Waals surface area contributed by atoms with E-state index in [9.17, 15) is 9.59 Å². The first-order valence-electron chi connectivity index (χ1n) is 13.5. The molecule has 36 heavy (non-hydrogen) atoms. The number of aromatic nitrogens is 2. The fraction of sp³-hybridized carbons (Fsp3) is 0.517. The van der Waals surface area contributed by atoms with E-state index in [0.29, 0.717) is 24.2 Å². The van der Waals surface area contributed by atoms with Crippen LogP contribution in [-0.2, 0) is 24.4 Å². The number of aryl methyl sites for hydroxylation is 1. The van der Waals surface area contributed by atoms with Gasteiger partial charge in [-0.15, -0.1) is 0 Å². The van der Waals surface area contributed by atoms with Crippen LogP contribution in [0.2, 0.25) is 0 Å². The lowest BCUT2D eigenvalue weighted by Gasteiger charge is -2.42. The van der Waals surface area contributed by atoms with Crippen molar-refractivity contribution in [3.05, 3.63) is 70.3 Å². The first-order chi connectivity index (χ1) is 17.5. The van der Waals surface area contributed by atoms with Crippen molar-refractivity contribution < 1.29 is 4.79 Å². The van der Waals surface area contributed by atoms with Crippen molar-refractivity contribution in [3.8, 4) is 0 Å². The van der Waals surface area contributed by atoms with Gasteiger partial charge in [-0.25, -0.2) is 0 Å². The monoisotopic (exact) mass is 487 g/mol. The van der Waals surface area contributed by atoms with Gasteiger partial charge in [-0.1, -0.05) is 24.3 Å². The summed E-state index contributed by atoms with van der Waals surface area (Å²) in [6.45, 7) is 7.36. The van der Waals surface area contributed by atoms with E-state index in [-0.39, 0.29) is 5.56 Å². The molecule has 1 amide bonds. The number of nitrogens with zero attached hydrogens (tertiary/aromatic N) is 5. The van der Waals surface area contributed by atoms with Crippen molar-refractivity contribution in [3.63, 3.8) is 0 Å². The van der Waals surface area contributed by atoms with Crippen LogP contribution in [0.4, 0.5) is 0 Å². The quantitative estimate of drug-likeness (QED) is 0.537. The average molecular weight is 488 g/mol. The normalized spacial score (nSPS) is 22.6. The second-order valence-corrected chi connectivity index (χ2v) is 11.1. The Morgan fingerprint density at radius 2 is 1.81 bits per heavy atom. The number of likely N-dealkylation sites (tertiary alicyclic amines) is 1. The van der Waals surface area contributed by atoms with Gasteiger partial charge in [-0.05, 0) is 49.9 Å². The molecule has 3 aromatic rings. The lowest BCUT2D eigenvalue weighted by molar-refractivity contribution is -0.132. The number of amides is 1. The summed E-state index contributed by atoms with van der Waals surface area (Å²) in [5.41, 5.74) is 3.95. The molecule has 0 N–H and O–H groups in total. The Morgan fingerprint density at radius 3 is 2.67 bits per heavy atom. The summed E-state index contributed by atoms with van der Waals surface area (Å²) in [4.78, 5) is 32.0. The predicted molar refractivity (Wildman–Crippen MR) is 142 cm³/mol. The van der Waals surface area contributed by atoms with E-state index in [4.69, 9.17) is 0 Å². The molecule has 3 aliphatic heterocycles. The van der Waals surface area contributed by atoms with Crippen LogP contribution in [0.1, 0.15) is 36.4 Å². The molecule has 7 nitrogen and oxygen atoms in total. The van der Waals surface area contributed by atoms with E-state index in [1.54, 1.807) is 6.07 Å². The van der Waals surface area contributed by atoms with Crippen LogP contribution in [0.5, 0.6) is 0 Å². The summed E-state index contributed by atoms with van der Waals surface area (Å²) in [6.07, 6.45) is 5.93. The van der Waals surface area contributed by atoms with Crippen molar-refractivity contribution >= 4 is 16.8 Å². The van der Waals surface area contributed by atoms with Crippen LogP contribution in [0, 0.1) is 5.92 Å². The number of hydrogen-bond donors (Lipinski definition) is 0. The summed E-state index contributed by atoms with van der Waals surface area (Å²) in [5, 5.41) is 1.30. The fourth-order valence-corrected chi connectivity index (χ4v) is 6.61. The van der Waals surface area contributed by atoms with E-state index in [0.717, 1.165) is 65.3 Å². The standard InChI is InChI=1S/C29H37N5O2/c1-30-12-14-32(15-13-30)28(35)10-4-6-23-20-33(27-8-3-2-7-25(23)27)21-31-17-22-16-24(19-31)26-9-5-11-29(36)34(26)18-22/h2-3,5,7-9,11,20,22,24H,4,6,10,12-19,21H2,1H3/t22-,24+/m1/s1. The molecule has 1 aromatic carbocycles. The SMILES string of the molecule is CN1CCN(C(=O)CCCc2cn(CN3C[C@H]4C[C@@H](C3)c3cccc(=O)n3C4)c3ccccc23)CC1. The molecule has 190 valence electrons. The Labute approximate surface area is 212 Å². The van der Waals surface area contributed by atoms with Crippen molar-refractivity contribution in [1.29, 1.82) is 0 Å². The van der Waals surface area contributed by atoms with Crippen LogP contribution in [0.15, 0.2) is 53.5 Å². The Kier molecular flexibility index (Phi) is 6.44. The van der Waals surface area contributed by atoms with Crippen LogP contribution < -0.4 is 5.56 Å². The van der Waals surface area contributed by atoms with Gasteiger partial charge in [0.25, 0.3) is 5.56 Å². The number of carbonyl (C=O) groups is 1. The molecule has 6 rings (SSSR count). The number of benzene rings is 1. The van der Waals surface area contributed by atoms with E-state index in [1.165, 1.54) is 28.6 Å². The molecule has 2 fully saturated rings. The number of fused-ring (bicyclic) bond motifs is 5. The third-order valence-corrected chi connectivity index (χ3v) is 8.47. The summed E-state index contributed by atoms with van der Waals surface area (Å²) in [6, 6.07) is 14.4. The largest absolute Gasteiger partial charge is 0.340 e. The highest BCUT2D eigenvalue weighted by molar-refractivity contribution is 5.84. The maximum absolute atomic E-state index is 12.7. The van der Waals surface area contributed by atoms with Crippen LogP contribution in [-0.4, -0.2) is 76.1 Å². The van der Waals surface area contributed by atoms with Crippen LogP contribution in [0.3, 0.4) is 0 Å². The third-order valence-electron chi connectivity index (χ3n) is 8.47. The van der Waals surface area contributed by atoms with Crippen LogP contribution in [0.25, 0.3) is 10.9 Å². The summed E-state index contributed by atoms with van der Waals surface area (Å²) in [5.74, 6) is 1.25. The Hall–Kier alpha value is -2.90. The molecular weight excluding hydrogens is 450 g/mol. The van der Waals surface area contributed by atoms with Gasteiger partial charge >= 0.3 is 0 Å². The second-order valence-electron chi connectivity index (χ2n) is 11.1. The maximum Gasteiger partial charge on any atom is 0.250 e. The Bertz CT molecular complexity index is 1300. The number of carbonyl (C=O) groups excluding carboxylic acids is 1. The smallest absolute Gasteiger partial charge is 0.250 e. The molecule has 0 unspecified atom stereocenters. The minimum atomic E-state index is 0.141. The number of piperazine rings is 1. The van der Waals surface area contributed by atoms with Gasteiger partial charge in [0, 0.05) is 87.0 Å². The molecule has 0 aliphatic carbocycles. The van der Waals surface area contributed by atoms with Gasteiger partial charge < -0.3 is 18.9 Å². The highest BCUT2D eigenvalue weighted by atomic mass is 16.2. The first kappa shape index (κ1) is 23.5. The Balaban J connectivity index is 1.13. The topological polar surface area (TPSA) is 53.7 Å². The van der Waals surface area contributed by atoms with Crippen molar-refractivity contribution in [2.45, 2.75) is 44.8 Å². The van der Waals surface area contributed by atoms with Gasteiger partial charge in [0.05, 0.1) is 6.67 Å². The van der Waals surface area contributed by atoms with E-state index >= 15 is 0 Å². The lowest BCUT2D eigenvalue weighted by atomic mass is 9.83. The number of likely N-dealkylation sites (N-methyl/N-ethyl adjacent to an activating group) is 1. The number of rotatable bonds is 6. The van der Waals surface area contributed by atoms with E-state index < -0.39 is 0 Å². The zero-order valence-electron chi connectivity index (χ0n) is 21.3. The molecule has 3 aliphatic rings. The summed E-state index contributed by atoms with van der Waals surface area (Å²) >= 11 is 0. The molecule has 0 spiro atoms. The zero-order valence-corrected chi connectivity index (χ0v) is 21.3. The van der Waals surface area contributed by atoms with Crippen LogP contribution >= 0.6 is 0 Å². The minimum Gasteiger partial charge on any atom is -0.340 e. The fourth-order valence-electron chi connectivity index (χ4n) is 6.61. The third kappa shape index (κ3) is 4.62. The molecular formula is C29H37N5O2. The molecule has 5 heterocycles. The number of piperidine rings is 1. The zero-order chi connectivity index (χ0) is 24.6. The predicted octanol–water partition coefficient (Wildman–Crippen LogP) is 2.98.